The van der Waals surface area contributed by atoms with Crippen LogP contribution in [0.15, 0.2) is 83.6 Å². The standard InChI is InChI=1S/C29H29NO7/c1-4-24-25(37-17-36-24)11-19-9-20(12-23-22(10-19)16-35-29(23)31)21-13-26(32-2)28(27(14-21)33-3)34-15-18-5-7-30-8-6-18/h4-8,11,13-14,20H,1,9-10,12,15-17H2,2-3H3/b19-11+/t20-/m1/s1. The molecule has 2 aliphatic heterocycles. The van der Waals surface area contributed by atoms with E-state index in [0.29, 0.717) is 61.2 Å². The number of cyclic esters (lactones) is 1. The van der Waals surface area contributed by atoms with Crippen LogP contribution >= 0.6 is 0 Å². The van der Waals surface area contributed by atoms with E-state index in [2.05, 4.69) is 11.6 Å². The summed E-state index contributed by atoms with van der Waals surface area (Å²) >= 11 is 0. The molecule has 0 fully saturated rings. The largest absolute Gasteiger partial charge is 0.493 e. The highest BCUT2D eigenvalue weighted by molar-refractivity contribution is 5.92. The number of ether oxygens (including phenoxy) is 6. The fourth-order valence-corrected chi connectivity index (χ4v) is 4.85. The van der Waals surface area contributed by atoms with Crippen molar-refractivity contribution in [2.75, 3.05) is 27.6 Å². The van der Waals surface area contributed by atoms with Gasteiger partial charge in [0.05, 0.1) is 14.2 Å². The summed E-state index contributed by atoms with van der Waals surface area (Å²) in [6.07, 6.45) is 8.98. The van der Waals surface area contributed by atoms with Gasteiger partial charge in [-0.15, -0.1) is 0 Å². The number of esters is 1. The SMILES string of the molecule is C=CC1=C(/C=C2/CC3=C(C[C@H](c4cc(OC)c(OCc5ccncc5)c(OC)c4)C2)C(=O)OC3)OCO1. The summed E-state index contributed by atoms with van der Waals surface area (Å²) < 4.78 is 34.1. The quantitative estimate of drug-likeness (QED) is 0.459. The van der Waals surface area contributed by atoms with Gasteiger partial charge in [-0.1, -0.05) is 12.2 Å². The minimum atomic E-state index is -0.246. The van der Waals surface area contributed by atoms with Crippen molar-refractivity contribution in [3.63, 3.8) is 0 Å². The van der Waals surface area contributed by atoms with Crippen LogP contribution in [0.3, 0.4) is 0 Å². The van der Waals surface area contributed by atoms with Gasteiger partial charge in [0, 0.05) is 18.0 Å². The van der Waals surface area contributed by atoms with Crippen LogP contribution in [-0.4, -0.2) is 38.6 Å². The fraction of sp³-hybridized carbons (Fsp3) is 0.310. The molecule has 0 N–H and O–H groups in total. The number of hydrogen-bond donors (Lipinski definition) is 0. The van der Waals surface area contributed by atoms with Gasteiger partial charge < -0.3 is 28.4 Å². The van der Waals surface area contributed by atoms with E-state index >= 15 is 0 Å². The van der Waals surface area contributed by atoms with Gasteiger partial charge in [0.25, 0.3) is 0 Å². The van der Waals surface area contributed by atoms with E-state index in [0.717, 1.165) is 27.8 Å². The molecule has 0 saturated heterocycles. The number of aromatic nitrogens is 1. The highest BCUT2D eigenvalue weighted by Gasteiger charge is 2.33. The Hall–Kier alpha value is -4.20. The highest BCUT2D eigenvalue weighted by atomic mass is 16.7. The molecule has 37 heavy (non-hydrogen) atoms. The Morgan fingerprint density at radius 2 is 1.78 bits per heavy atom. The van der Waals surface area contributed by atoms with E-state index in [1.165, 1.54) is 0 Å². The third-order valence-electron chi connectivity index (χ3n) is 6.73. The van der Waals surface area contributed by atoms with E-state index in [4.69, 9.17) is 28.4 Å². The highest BCUT2D eigenvalue weighted by Crippen LogP contribution is 2.46. The zero-order valence-electron chi connectivity index (χ0n) is 21.0. The lowest BCUT2D eigenvalue weighted by Crippen LogP contribution is -2.08. The molecular formula is C29H29NO7. The van der Waals surface area contributed by atoms with Crippen LogP contribution in [0.5, 0.6) is 17.2 Å². The van der Waals surface area contributed by atoms with Crippen molar-refractivity contribution in [1.29, 1.82) is 0 Å². The second kappa shape index (κ2) is 10.8. The first-order chi connectivity index (χ1) is 18.1. The zero-order chi connectivity index (χ0) is 25.8. The molecule has 5 rings (SSSR count). The van der Waals surface area contributed by atoms with Crippen LogP contribution in [0.1, 0.15) is 36.3 Å². The van der Waals surface area contributed by atoms with Crippen molar-refractivity contribution in [2.24, 2.45) is 0 Å². The molecule has 0 amide bonds. The molecule has 192 valence electrons. The smallest absolute Gasteiger partial charge is 0.334 e. The molecule has 8 heteroatoms. The summed E-state index contributed by atoms with van der Waals surface area (Å²) in [6.45, 7) is 4.62. The Kier molecular flexibility index (Phi) is 7.16. The maximum absolute atomic E-state index is 12.6. The third-order valence-corrected chi connectivity index (χ3v) is 6.73. The fourth-order valence-electron chi connectivity index (χ4n) is 4.85. The number of rotatable bonds is 8. The monoisotopic (exact) mass is 503 g/mol. The van der Waals surface area contributed by atoms with E-state index in [1.807, 2.05) is 30.3 Å². The van der Waals surface area contributed by atoms with Gasteiger partial charge in [0.1, 0.15) is 13.2 Å². The first-order valence-electron chi connectivity index (χ1n) is 12.1. The molecule has 2 aromatic rings. The molecule has 1 aliphatic carbocycles. The predicted molar refractivity (Wildman–Crippen MR) is 135 cm³/mol. The van der Waals surface area contributed by atoms with Crippen molar-refractivity contribution >= 4 is 5.97 Å². The number of allylic oxidation sites excluding steroid dienone is 3. The van der Waals surface area contributed by atoms with Gasteiger partial charge in [0.15, 0.2) is 23.0 Å². The second-order valence-corrected chi connectivity index (χ2v) is 8.98. The third kappa shape index (κ3) is 5.18. The molecule has 1 atom stereocenters. The van der Waals surface area contributed by atoms with Crippen LogP contribution in [0.4, 0.5) is 0 Å². The molecule has 0 bridgehead atoms. The molecule has 3 aliphatic rings. The van der Waals surface area contributed by atoms with Crippen LogP contribution in [0, 0.1) is 0 Å². The summed E-state index contributed by atoms with van der Waals surface area (Å²) in [5.74, 6) is 2.64. The van der Waals surface area contributed by atoms with Crippen molar-refractivity contribution in [3.05, 3.63) is 94.8 Å². The Bertz CT molecular complexity index is 1270. The van der Waals surface area contributed by atoms with Gasteiger partial charge >= 0.3 is 5.97 Å². The summed E-state index contributed by atoms with van der Waals surface area (Å²) in [4.78, 5) is 16.6. The molecule has 0 spiro atoms. The van der Waals surface area contributed by atoms with Crippen LogP contribution in [0.2, 0.25) is 0 Å². The first kappa shape index (κ1) is 24.5. The number of hydrogen-bond acceptors (Lipinski definition) is 8. The minimum Gasteiger partial charge on any atom is -0.493 e. The number of carbonyl (C=O) groups is 1. The van der Waals surface area contributed by atoms with Crippen LogP contribution in [-0.2, 0) is 25.6 Å². The Labute approximate surface area is 215 Å². The van der Waals surface area contributed by atoms with Crippen molar-refractivity contribution in [1.82, 2.24) is 4.98 Å². The molecule has 3 heterocycles. The number of carbonyl (C=O) groups excluding carboxylic acids is 1. The van der Waals surface area contributed by atoms with Gasteiger partial charge in [-0.25, -0.2) is 4.79 Å². The second-order valence-electron chi connectivity index (χ2n) is 8.98. The average Bonchev–Trinajstić information content (AvgIpc) is 3.46. The van der Waals surface area contributed by atoms with Crippen LogP contribution < -0.4 is 14.2 Å². The van der Waals surface area contributed by atoms with Crippen molar-refractivity contribution in [2.45, 2.75) is 31.8 Å². The molecule has 0 unspecified atom stereocenters. The van der Waals surface area contributed by atoms with E-state index in [-0.39, 0.29) is 18.7 Å². The summed E-state index contributed by atoms with van der Waals surface area (Å²) in [5, 5.41) is 0. The van der Waals surface area contributed by atoms with Crippen molar-refractivity contribution < 1.29 is 33.2 Å². The summed E-state index contributed by atoms with van der Waals surface area (Å²) in [5.41, 5.74) is 4.82. The van der Waals surface area contributed by atoms with Crippen molar-refractivity contribution in [3.8, 4) is 17.2 Å². The lowest BCUT2D eigenvalue weighted by Gasteiger charge is -2.21. The number of nitrogens with zero attached hydrogens (tertiary/aromatic N) is 1. The normalized spacial score (nSPS) is 20.1. The maximum atomic E-state index is 12.6. The van der Waals surface area contributed by atoms with Gasteiger partial charge in [-0.2, -0.15) is 0 Å². The molecule has 8 nitrogen and oxygen atoms in total. The van der Waals surface area contributed by atoms with Gasteiger partial charge in [-0.05, 0) is 78.3 Å². The summed E-state index contributed by atoms with van der Waals surface area (Å²) in [6, 6.07) is 7.71. The topological polar surface area (TPSA) is 85.3 Å². The van der Waals surface area contributed by atoms with Crippen LogP contribution in [0.25, 0.3) is 0 Å². The summed E-state index contributed by atoms with van der Waals surface area (Å²) in [7, 11) is 3.21. The molecule has 1 aromatic heterocycles. The molecule has 1 aromatic carbocycles. The van der Waals surface area contributed by atoms with E-state index in [1.54, 1.807) is 32.7 Å². The Morgan fingerprint density at radius 3 is 2.49 bits per heavy atom. The average molecular weight is 504 g/mol. The number of benzene rings is 1. The predicted octanol–water partition coefficient (Wildman–Crippen LogP) is 5.13. The zero-order valence-corrected chi connectivity index (χ0v) is 21.0. The molecule has 0 radical (unpaired) electrons. The maximum Gasteiger partial charge on any atom is 0.334 e. The molecule has 0 saturated carbocycles. The van der Waals surface area contributed by atoms with E-state index < -0.39 is 0 Å². The minimum absolute atomic E-state index is 0.0171. The Morgan fingerprint density at radius 1 is 1.05 bits per heavy atom. The lowest BCUT2D eigenvalue weighted by atomic mass is 9.87. The molecular weight excluding hydrogens is 474 g/mol. The first-order valence-corrected chi connectivity index (χ1v) is 12.1. The van der Waals surface area contributed by atoms with Gasteiger partial charge in [0.2, 0.25) is 12.5 Å². The lowest BCUT2D eigenvalue weighted by molar-refractivity contribution is -0.136. The number of methoxy groups -OCH3 is 2. The van der Waals surface area contributed by atoms with Gasteiger partial charge in [-0.3, -0.25) is 4.98 Å². The number of pyridine rings is 1. The van der Waals surface area contributed by atoms with E-state index in [9.17, 15) is 4.79 Å². The Balaban J connectivity index is 1.49.